The molecule has 1 fully saturated rings. The number of methoxy groups -OCH3 is 1. The first-order chi connectivity index (χ1) is 10.0. The molecule has 1 atom stereocenters. The maximum atomic E-state index is 12.2. The van der Waals surface area contributed by atoms with Gasteiger partial charge >= 0.3 is 0 Å². The highest BCUT2D eigenvalue weighted by Crippen LogP contribution is 2.26. The summed E-state index contributed by atoms with van der Waals surface area (Å²) in [5.41, 5.74) is 0.429. The monoisotopic (exact) mass is 293 g/mol. The first-order valence-electron chi connectivity index (χ1n) is 6.90. The second-order valence-corrected chi connectivity index (χ2v) is 5.08. The fourth-order valence-electron chi connectivity index (χ4n) is 2.41. The van der Waals surface area contributed by atoms with Gasteiger partial charge in [0.25, 0.3) is 5.69 Å². The highest BCUT2D eigenvalue weighted by molar-refractivity contribution is 5.84. The molecule has 0 saturated carbocycles. The van der Waals surface area contributed by atoms with Crippen molar-refractivity contribution >= 4 is 17.3 Å². The standard InChI is InChI=1S/C14H19N3O4/c1-10(14(18)16-5-3-4-6-16)15-11-7-12(17(19)20)9-13(8-11)21-2/h7-10,15H,3-6H2,1-2H3. The summed E-state index contributed by atoms with van der Waals surface area (Å²) in [6, 6.07) is 3.95. The van der Waals surface area contributed by atoms with Crippen LogP contribution in [0.25, 0.3) is 0 Å². The zero-order valence-electron chi connectivity index (χ0n) is 12.2. The minimum absolute atomic E-state index is 0.0120. The molecule has 0 spiro atoms. The lowest BCUT2D eigenvalue weighted by Crippen LogP contribution is -2.39. The summed E-state index contributed by atoms with van der Waals surface area (Å²) in [7, 11) is 1.45. The van der Waals surface area contributed by atoms with Crippen molar-refractivity contribution in [3.05, 3.63) is 28.3 Å². The van der Waals surface area contributed by atoms with E-state index in [-0.39, 0.29) is 11.6 Å². The van der Waals surface area contributed by atoms with Gasteiger partial charge in [-0.05, 0) is 19.8 Å². The Morgan fingerprint density at radius 1 is 1.38 bits per heavy atom. The van der Waals surface area contributed by atoms with E-state index in [1.54, 1.807) is 13.0 Å². The molecule has 1 aromatic rings. The van der Waals surface area contributed by atoms with Crippen LogP contribution in [0.2, 0.25) is 0 Å². The van der Waals surface area contributed by atoms with Crippen molar-refractivity contribution in [3.63, 3.8) is 0 Å². The summed E-state index contributed by atoms with van der Waals surface area (Å²) >= 11 is 0. The molecule has 0 aromatic heterocycles. The molecule has 1 saturated heterocycles. The van der Waals surface area contributed by atoms with Crippen LogP contribution in [-0.2, 0) is 4.79 Å². The average molecular weight is 293 g/mol. The number of non-ortho nitro benzene ring substituents is 1. The van der Waals surface area contributed by atoms with Crippen molar-refractivity contribution in [2.24, 2.45) is 0 Å². The van der Waals surface area contributed by atoms with Gasteiger partial charge in [-0.3, -0.25) is 14.9 Å². The van der Waals surface area contributed by atoms with E-state index in [1.807, 2.05) is 4.90 Å². The van der Waals surface area contributed by atoms with E-state index >= 15 is 0 Å². The van der Waals surface area contributed by atoms with Crippen LogP contribution in [0.4, 0.5) is 11.4 Å². The van der Waals surface area contributed by atoms with Gasteiger partial charge in [0.2, 0.25) is 5.91 Å². The summed E-state index contributed by atoms with van der Waals surface area (Å²) in [6.45, 7) is 3.32. The smallest absolute Gasteiger partial charge is 0.275 e. The Morgan fingerprint density at radius 2 is 2.05 bits per heavy atom. The highest BCUT2D eigenvalue weighted by atomic mass is 16.6. The van der Waals surface area contributed by atoms with Crippen molar-refractivity contribution in [2.45, 2.75) is 25.8 Å². The number of carbonyl (C=O) groups is 1. The van der Waals surface area contributed by atoms with Crippen LogP contribution < -0.4 is 10.1 Å². The van der Waals surface area contributed by atoms with E-state index in [0.717, 1.165) is 25.9 Å². The number of nitrogens with zero attached hydrogens (tertiary/aromatic N) is 2. The first-order valence-corrected chi connectivity index (χ1v) is 6.90. The fraction of sp³-hybridized carbons (Fsp3) is 0.500. The van der Waals surface area contributed by atoms with Gasteiger partial charge in [0.05, 0.1) is 18.1 Å². The Labute approximate surface area is 123 Å². The van der Waals surface area contributed by atoms with Crippen molar-refractivity contribution in [1.82, 2.24) is 4.90 Å². The van der Waals surface area contributed by atoms with Gasteiger partial charge in [0.1, 0.15) is 11.8 Å². The van der Waals surface area contributed by atoms with Gasteiger partial charge in [-0.2, -0.15) is 0 Å². The summed E-state index contributed by atoms with van der Waals surface area (Å²) in [5.74, 6) is 0.394. The lowest BCUT2D eigenvalue weighted by atomic mass is 10.2. The Bertz CT molecular complexity index is 541. The molecule has 0 radical (unpaired) electrons. The number of hydrogen-bond donors (Lipinski definition) is 1. The highest BCUT2D eigenvalue weighted by Gasteiger charge is 2.23. The predicted octanol–water partition coefficient (Wildman–Crippen LogP) is 2.03. The number of benzene rings is 1. The van der Waals surface area contributed by atoms with E-state index in [0.29, 0.717) is 11.4 Å². The molecule has 1 aliphatic rings. The average Bonchev–Trinajstić information content (AvgIpc) is 3.00. The van der Waals surface area contributed by atoms with E-state index in [9.17, 15) is 14.9 Å². The molecule has 1 amide bonds. The van der Waals surface area contributed by atoms with Gasteiger partial charge in [0, 0.05) is 30.9 Å². The van der Waals surface area contributed by atoms with E-state index < -0.39 is 11.0 Å². The number of nitro groups is 1. The van der Waals surface area contributed by atoms with Crippen molar-refractivity contribution in [2.75, 3.05) is 25.5 Å². The predicted molar refractivity (Wildman–Crippen MR) is 78.5 cm³/mol. The van der Waals surface area contributed by atoms with Gasteiger partial charge in [-0.25, -0.2) is 0 Å². The molecule has 1 aliphatic heterocycles. The van der Waals surface area contributed by atoms with Crippen LogP contribution in [0.3, 0.4) is 0 Å². The van der Waals surface area contributed by atoms with E-state index in [1.165, 1.54) is 19.2 Å². The number of amides is 1. The molecule has 21 heavy (non-hydrogen) atoms. The summed E-state index contributed by atoms with van der Waals surface area (Å²) in [5, 5.41) is 13.9. The quantitative estimate of drug-likeness (QED) is 0.663. The lowest BCUT2D eigenvalue weighted by molar-refractivity contribution is -0.384. The van der Waals surface area contributed by atoms with Crippen LogP contribution in [0.15, 0.2) is 18.2 Å². The van der Waals surface area contributed by atoms with Gasteiger partial charge < -0.3 is 15.0 Å². The molecular formula is C14H19N3O4. The molecule has 114 valence electrons. The van der Waals surface area contributed by atoms with Crippen molar-refractivity contribution in [3.8, 4) is 5.75 Å². The maximum absolute atomic E-state index is 12.2. The number of carbonyl (C=O) groups excluding carboxylic acids is 1. The van der Waals surface area contributed by atoms with Crippen molar-refractivity contribution in [1.29, 1.82) is 0 Å². The second-order valence-electron chi connectivity index (χ2n) is 5.08. The van der Waals surface area contributed by atoms with Gasteiger partial charge in [-0.15, -0.1) is 0 Å². The second kappa shape index (κ2) is 6.43. The third-order valence-electron chi connectivity index (χ3n) is 3.51. The molecular weight excluding hydrogens is 274 g/mol. The van der Waals surface area contributed by atoms with Gasteiger partial charge in [-0.1, -0.05) is 0 Å². The Kier molecular flexibility index (Phi) is 4.62. The van der Waals surface area contributed by atoms with Crippen LogP contribution >= 0.6 is 0 Å². The minimum atomic E-state index is -0.485. The topological polar surface area (TPSA) is 84.7 Å². The zero-order chi connectivity index (χ0) is 15.4. The number of nitrogens with one attached hydrogen (secondary N) is 1. The Hall–Kier alpha value is -2.31. The SMILES string of the molecule is COc1cc(NC(C)C(=O)N2CCCC2)cc([N+](=O)[O-])c1. The number of likely N-dealkylation sites (tertiary alicyclic amines) is 1. The summed E-state index contributed by atoms with van der Waals surface area (Å²) < 4.78 is 5.05. The summed E-state index contributed by atoms with van der Waals surface area (Å²) in [4.78, 5) is 24.4. The van der Waals surface area contributed by atoms with Crippen LogP contribution in [0, 0.1) is 10.1 Å². The molecule has 0 bridgehead atoms. The Balaban J connectivity index is 2.12. The number of ether oxygens (including phenoxy) is 1. The number of hydrogen-bond acceptors (Lipinski definition) is 5. The Morgan fingerprint density at radius 3 is 2.62 bits per heavy atom. The van der Waals surface area contributed by atoms with Crippen LogP contribution in [-0.4, -0.2) is 42.0 Å². The minimum Gasteiger partial charge on any atom is -0.496 e. The number of nitro benzene ring substituents is 1. The third-order valence-corrected chi connectivity index (χ3v) is 3.51. The van der Waals surface area contributed by atoms with Crippen LogP contribution in [0.1, 0.15) is 19.8 Å². The number of anilines is 1. The van der Waals surface area contributed by atoms with E-state index in [2.05, 4.69) is 5.32 Å². The molecule has 1 N–H and O–H groups in total. The zero-order valence-corrected chi connectivity index (χ0v) is 12.2. The van der Waals surface area contributed by atoms with Gasteiger partial charge in [0.15, 0.2) is 0 Å². The molecule has 1 aromatic carbocycles. The fourth-order valence-corrected chi connectivity index (χ4v) is 2.41. The molecule has 1 unspecified atom stereocenters. The molecule has 0 aliphatic carbocycles. The lowest BCUT2D eigenvalue weighted by Gasteiger charge is -2.22. The first kappa shape index (κ1) is 15.1. The molecule has 7 nitrogen and oxygen atoms in total. The molecule has 2 rings (SSSR count). The number of rotatable bonds is 5. The van der Waals surface area contributed by atoms with Crippen LogP contribution in [0.5, 0.6) is 5.75 Å². The van der Waals surface area contributed by atoms with E-state index in [4.69, 9.17) is 4.74 Å². The maximum Gasteiger partial charge on any atom is 0.275 e. The summed E-state index contributed by atoms with van der Waals surface area (Å²) in [6.07, 6.45) is 2.06. The van der Waals surface area contributed by atoms with Crippen molar-refractivity contribution < 1.29 is 14.5 Å². The third kappa shape index (κ3) is 3.62. The largest absolute Gasteiger partial charge is 0.496 e. The molecule has 7 heteroatoms. The normalized spacial score (nSPS) is 15.6. The molecule has 1 heterocycles.